The summed E-state index contributed by atoms with van der Waals surface area (Å²) in [6, 6.07) is 7.77. The van der Waals surface area contributed by atoms with Gasteiger partial charge in [-0.2, -0.15) is 5.26 Å². The van der Waals surface area contributed by atoms with Gasteiger partial charge in [-0.3, -0.25) is 9.89 Å². The Morgan fingerprint density at radius 3 is 2.76 bits per heavy atom. The number of aliphatic imine (C=N–C) groups is 1. The Hall–Kier alpha value is -3.44. The molecule has 0 spiro atoms. The molecule has 0 radical (unpaired) electrons. The zero-order valence-corrected chi connectivity index (χ0v) is 17.4. The number of esters is 1. The van der Waals surface area contributed by atoms with Crippen molar-refractivity contribution >= 4 is 28.5 Å². The molecule has 8 heteroatoms. The number of nitrogens with one attached hydrogen (secondary N) is 1. The van der Waals surface area contributed by atoms with E-state index in [1.165, 1.54) is 10.9 Å². The standard InChI is InChI=1S/C21H20N4O3S/c1-5-28-21(27)18-11-29-19(16(18)9-22)23-10-17-14(4)24-25(20(17)26)15-7-6-12(2)13(3)8-15/h6-8,10-11,24H,5H2,1-4H3. The average Bonchev–Trinajstić information content (AvgIpc) is 3.23. The van der Waals surface area contributed by atoms with Gasteiger partial charge >= 0.3 is 5.97 Å². The number of carbonyl (C=O) groups is 1. The van der Waals surface area contributed by atoms with Gasteiger partial charge in [0.2, 0.25) is 0 Å². The molecule has 0 fully saturated rings. The molecule has 0 saturated heterocycles. The molecule has 1 N–H and O–H groups in total. The van der Waals surface area contributed by atoms with Crippen molar-refractivity contribution in [2.75, 3.05) is 6.61 Å². The van der Waals surface area contributed by atoms with E-state index in [9.17, 15) is 14.9 Å². The number of nitriles is 1. The molecular formula is C21H20N4O3S. The van der Waals surface area contributed by atoms with Gasteiger partial charge in [0, 0.05) is 17.3 Å². The smallest absolute Gasteiger partial charge is 0.340 e. The number of hydrogen-bond acceptors (Lipinski definition) is 6. The van der Waals surface area contributed by atoms with E-state index in [2.05, 4.69) is 10.1 Å². The minimum absolute atomic E-state index is 0.146. The van der Waals surface area contributed by atoms with Crippen molar-refractivity contribution in [1.29, 1.82) is 5.26 Å². The topological polar surface area (TPSA) is 100 Å². The molecule has 0 amide bonds. The van der Waals surface area contributed by atoms with Gasteiger partial charge in [0.1, 0.15) is 16.6 Å². The Balaban J connectivity index is 1.98. The Kier molecular flexibility index (Phi) is 5.80. The van der Waals surface area contributed by atoms with Gasteiger partial charge in [0.05, 0.1) is 23.4 Å². The maximum Gasteiger partial charge on any atom is 0.340 e. The molecule has 2 heterocycles. The number of ether oxygens (including phenoxy) is 1. The van der Waals surface area contributed by atoms with Crippen LogP contribution in [0.25, 0.3) is 5.69 Å². The van der Waals surface area contributed by atoms with Crippen LogP contribution in [0.3, 0.4) is 0 Å². The summed E-state index contributed by atoms with van der Waals surface area (Å²) in [4.78, 5) is 29.1. The van der Waals surface area contributed by atoms with Gasteiger partial charge in [0.15, 0.2) is 0 Å². The normalized spacial score (nSPS) is 11.0. The second kappa shape index (κ2) is 8.29. The van der Waals surface area contributed by atoms with E-state index in [1.807, 2.05) is 38.1 Å². The van der Waals surface area contributed by atoms with Crippen LogP contribution in [0, 0.1) is 32.1 Å². The van der Waals surface area contributed by atoms with Crippen LogP contribution >= 0.6 is 11.3 Å². The summed E-state index contributed by atoms with van der Waals surface area (Å²) in [6.45, 7) is 7.70. The van der Waals surface area contributed by atoms with Crippen molar-refractivity contribution in [2.45, 2.75) is 27.7 Å². The number of H-pyrrole nitrogens is 1. The quantitative estimate of drug-likeness (QED) is 0.510. The number of nitrogens with zero attached hydrogens (tertiary/aromatic N) is 3. The average molecular weight is 408 g/mol. The van der Waals surface area contributed by atoms with E-state index >= 15 is 0 Å². The lowest BCUT2D eigenvalue weighted by Gasteiger charge is -2.05. The summed E-state index contributed by atoms with van der Waals surface area (Å²) in [7, 11) is 0. The van der Waals surface area contributed by atoms with Crippen molar-refractivity contribution < 1.29 is 9.53 Å². The van der Waals surface area contributed by atoms with Crippen LogP contribution in [-0.2, 0) is 4.74 Å². The number of aromatic nitrogens is 2. The molecule has 0 aliphatic carbocycles. The highest BCUT2D eigenvalue weighted by Crippen LogP contribution is 2.30. The van der Waals surface area contributed by atoms with Crippen LogP contribution in [0.1, 0.15) is 45.2 Å². The predicted molar refractivity (Wildman–Crippen MR) is 113 cm³/mol. The van der Waals surface area contributed by atoms with Crippen LogP contribution < -0.4 is 5.56 Å². The first-order chi connectivity index (χ1) is 13.9. The first-order valence-corrected chi connectivity index (χ1v) is 9.87. The van der Waals surface area contributed by atoms with Crippen molar-refractivity contribution in [2.24, 2.45) is 4.99 Å². The molecule has 0 saturated carbocycles. The largest absolute Gasteiger partial charge is 0.462 e. The SMILES string of the molecule is CCOC(=O)c1csc(N=Cc2c(C)[nH]n(-c3ccc(C)c(C)c3)c2=O)c1C#N. The lowest BCUT2D eigenvalue weighted by atomic mass is 10.1. The third-order valence-electron chi connectivity index (χ3n) is 4.56. The van der Waals surface area contributed by atoms with Gasteiger partial charge in [-0.15, -0.1) is 11.3 Å². The van der Waals surface area contributed by atoms with Crippen LogP contribution in [0.15, 0.2) is 33.4 Å². The third kappa shape index (κ3) is 3.91. The molecule has 148 valence electrons. The van der Waals surface area contributed by atoms with E-state index in [4.69, 9.17) is 4.74 Å². The van der Waals surface area contributed by atoms with Crippen LogP contribution in [0.4, 0.5) is 5.00 Å². The summed E-state index contributed by atoms with van der Waals surface area (Å²) in [5, 5.41) is 14.4. The molecule has 29 heavy (non-hydrogen) atoms. The fourth-order valence-corrected chi connectivity index (χ4v) is 3.62. The Morgan fingerprint density at radius 2 is 2.10 bits per heavy atom. The van der Waals surface area contributed by atoms with E-state index in [0.717, 1.165) is 28.2 Å². The lowest BCUT2D eigenvalue weighted by molar-refractivity contribution is 0.0526. The van der Waals surface area contributed by atoms with Gasteiger partial charge in [0.25, 0.3) is 5.56 Å². The monoisotopic (exact) mass is 408 g/mol. The Labute approximate surface area is 171 Å². The Bertz CT molecular complexity index is 1210. The zero-order valence-electron chi connectivity index (χ0n) is 16.6. The molecular weight excluding hydrogens is 388 g/mol. The van der Waals surface area contributed by atoms with E-state index in [1.54, 1.807) is 19.2 Å². The van der Waals surface area contributed by atoms with E-state index < -0.39 is 5.97 Å². The highest BCUT2D eigenvalue weighted by molar-refractivity contribution is 7.14. The first-order valence-electron chi connectivity index (χ1n) is 8.99. The molecule has 0 aliphatic heterocycles. The molecule has 7 nitrogen and oxygen atoms in total. The fourth-order valence-electron chi connectivity index (χ4n) is 2.79. The molecule has 2 aromatic heterocycles. The number of rotatable bonds is 5. The highest BCUT2D eigenvalue weighted by atomic mass is 32.1. The second-order valence-corrected chi connectivity index (χ2v) is 7.34. The molecule has 0 bridgehead atoms. The molecule has 3 rings (SSSR count). The summed E-state index contributed by atoms with van der Waals surface area (Å²) >= 11 is 1.15. The maximum absolute atomic E-state index is 12.9. The fraction of sp³-hybridized carbons (Fsp3) is 0.238. The van der Waals surface area contributed by atoms with Crippen molar-refractivity contribution in [3.8, 4) is 11.8 Å². The summed E-state index contributed by atoms with van der Waals surface area (Å²) in [6.07, 6.45) is 1.42. The van der Waals surface area contributed by atoms with Crippen molar-refractivity contribution in [3.05, 3.63) is 67.4 Å². The highest BCUT2D eigenvalue weighted by Gasteiger charge is 2.19. The van der Waals surface area contributed by atoms with E-state index in [0.29, 0.717) is 16.3 Å². The number of carbonyl (C=O) groups excluding carboxylic acids is 1. The molecule has 0 atom stereocenters. The summed E-state index contributed by atoms with van der Waals surface area (Å²) in [5.41, 5.74) is 4.09. The van der Waals surface area contributed by atoms with Crippen molar-refractivity contribution in [3.63, 3.8) is 0 Å². The van der Waals surface area contributed by atoms with Crippen LogP contribution in [-0.4, -0.2) is 28.6 Å². The van der Waals surface area contributed by atoms with Gasteiger partial charge in [-0.05, 0) is 51.0 Å². The van der Waals surface area contributed by atoms with Gasteiger partial charge in [-0.1, -0.05) is 6.07 Å². The number of hydrogen-bond donors (Lipinski definition) is 1. The lowest BCUT2D eigenvalue weighted by Crippen LogP contribution is -2.17. The minimum Gasteiger partial charge on any atom is -0.462 e. The summed E-state index contributed by atoms with van der Waals surface area (Å²) in [5.74, 6) is -0.559. The Morgan fingerprint density at radius 1 is 1.34 bits per heavy atom. The van der Waals surface area contributed by atoms with Crippen molar-refractivity contribution in [1.82, 2.24) is 9.78 Å². The minimum atomic E-state index is -0.559. The van der Waals surface area contributed by atoms with Gasteiger partial charge in [-0.25, -0.2) is 14.5 Å². The van der Waals surface area contributed by atoms with Crippen LogP contribution in [0.2, 0.25) is 0 Å². The second-order valence-electron chi connectivity index (χ2n) is 6.48. The zero-order chi connectivity index (χ0) is 21.1. The number of benzene rings is 1. The maximum atomic E-state index is 12.9. The first kappa shape index (κ1) is 20.3. The number of aryl methyl sites for hydroxylation is 3. The molecule has 3 aromatic rings. The molecule has 0 aliphatic rings. The number of aromatic amines is 1. The number of thiophene rings is 1. The molecule has 1 aromatic carbocycles. The predicted octanol–water partition coefficient (Wildman–Crippen LogP) is 3.95. The van der Waals surface area contributed by atoms with E-state index in [-0.39, 0.29) is 23.3 Å². The molecule has 0 unspecified atom stereocenters. The van der Waals surface area contributed by atoms with Crippen LogP contribution in [0.5, 0.6) is 0 Å². The third-order valence-corrected chi connectivity index (χ3v) is 5.44. The summed E-state index contributed by atoms with van der Waals surface area (Å²) < 4.78 is 6.43. The van der Waals surface area contributed by atoms with Gasteiger partial charge < -0.3 is 4.74 Å².